The number of thiazole rings is 1. The van der Waals surface area contributed by atoms with Crippen LogP contribution in [0.2, 0.25) is 0 Å². The summed E-state index contributed by atoms with van der Waals surface area (Å²) in [4.78, 5) is 5.52. The van der Waals surface area contributed by atoms with Crippen molar-refractivity contribution < 1.29 is 4.74 Å². The number of hydrogen-bond acceptors (Lipinski definition) is 4. The summed E-state index contributed by atoms with van der Waals surface area (Å²) in [6.45, 7) is 3.31. The van der Waals surface area contributed by atoms with Gasteiger partial charge in [-0.1, -0.05) is 0 Å². The Labute approximate surface area is 139 Å². The first kappa shape index (κ1) is 15.9. The van der Waals surface area contributed by atoms with Gasteiger partial charge in [-0.2, -0.15) is 0 Å². The SMILES string of the molecule is Cc1ncsc1CCOc1c(Br)cc(CCN)cc1Br. The molecule has 20 heavy (non-hydrogen) atoms. The van der Waals surface area contributed by atoms with Crippen molar-refractivity contribution in [1.29, 1.82) is 0 Å². The van der Waals surface area contributed by atoms with Crippen LogP contribution in [-0.2, 0) is 12.8 Å². The van der Waals surface area contributed by atoms with E-state index in [1.165, 1.54) is 10.4 Å². The highest BCUT2D eigenvalue weighted by Crippen LogP contribution is 2.35. The van der Waals surface area contributed by atoms with E-state index in [0.29, 0.717) is 13.2 Å². The Morgan fingerprint density at radius 1 is 1.25 bits per heavy atom. The third-order valence-electron chi connectivity index (χ3n) is 2.91. The van der Waals surface area contributed by atoms with Gasteiger partial charge in [0.05, 0.1) is 26.8 Å². The molecule has 1 aromatic carbocycles. The van der Waals surface area contributed by atoms with Crippen molar-refractivity contribution in [3.05, 3.63) is 42.7 Å². The Hall–Kier alpha value is -0.430. The first-order valence-electron chi connectivity index (χ1n) is 6.31. The summed E-state index contributed by atoms with van der Waals surface area (Å²) < 4.78 is 7.79. The number of nitrogens with zero attached hydrogens (tertiary/aromatic N) is 1. The largest absolute Gasteiger partial charge is 0.491 e. The van der Waals surface area contributed by atoms with E-state index in [9.17, 15) is 0 Å². The molecule has 1 aromatic heterocycles. The molecule has 0 aliphatic heterocycles. The van der Waals surface area contributed by atoms with Crippen molar-refractivity contribution in [3.63, 3.8) is 0 Å². The van der Waals surface area contributed by atoms with Gasteiger partial charge in [-0.25, -0.2) is 4.98 Å². The molecule has 0 bridgehead atoms. The van der Waals surface area contributed by atoms with Crippen LogP contribution in [0.4, 0.5) is 0 Å². The van der Waals surface area contributed by atoms with Gasteiger partial charge in [0.15, 0.2) is 0 Å². The van der Waals surface area contributed by atoms with Gasteiger partial charge in [0.2, 0.25) is 0 Å². The standard InChI is InChI=1S/C14H16Br2N2OS/c1-9-13(20-8-18-9)3-5-19-14-11(15)6-10(2-4-17)7-12(14)16/h6-8H,2-5,17H2,1H3. The molecule has 0 saturated carbocycles. The van der Waals surface area contributed by atoms with E-state index in [-0.39, 0.29) is 0 Å². The summed E-state index contributed by atoms with van der Waals surface area (Å²) >= 11 is 8.79. The molecule has 0 aliphatic rings. The van der Waals surface area contributed by atoms with Crippen LogP contribution >= 0.6 is 43.2 Å². The maximum absolute atomic E-state index is 5.88. The molecule has 0 spiro atoms. The summed E-state index contributed by atoms with van der Waals surface area (Å²) in [5.41, 5.74) is 9.74. The number of benzene rings is 1. The number of halogens is 2. The van der Waals surface area contributed by atoms with Gasteiger partial charge in [0.1, 0.15) is 5.75 Å². The molecule has 0 saturated heterocycles. The fourth-order valence-corrected chi connectivity index (χ4v) is 4.15. The van der Waals surface area contributed by atoms with Crippen molar-refractivity contribution in [2.45, 2.75) is 19.8 Å². The number of nitrogens with two attached hydrogens (primary N) is 1. The quantitative estimate of drug-likeness (QED) is 0.766. The molecule has 0 fully saturated rings. The first-order chi connectivity index (χ1) is 9.61. The van der Waals surface area contributed by atoms with Crippen molar-refractivity contribution in [2.24, 2.45) is 5.73 Å². The van der Waals surface area contributed by atoms with Crippen molar-refractivity contribution in [1.82, 2.24) is 4.98 Å². The third kappa shape index (κ3) is 4.04. The van der Waals surface area contributed by atoms with Crippen molar-refractivity contribution in [2.75, 3.05) is 13.2 Å². The molecule has 0 radical (unpaired) electrons. The number of hydrogen-bond donors (Lipinski definition) is 1. The molecule has 2 N–H and O–H groups in total. The van der Waals surface area contributed by atoms with Crippen LogP contribution in [-0.4, -0.2) is 18.1 Å². The molecule has 2 aromatic rings. The molecular formula is C14H16Br2N2OS. The van der Waals surface area contributed by atoms with Crippen LogP contribution in [0.15, 0.2) is 26.6 Å². The topological polar surface area (TPSA) is 48.1 Å². The summed E-state index contributed by atoms with van der Waals surface area (Å²) in [5.74, 6) is 0.841. The van der Waals surface area contributed by atoms with Gasteiger partial charge < -0.3 is 10.5 Å². The monoisotopic (exact) mass is 418 g/mol. The second kappa shape index (κ2) is 7.54. The molecule has 3 nitrogen and oxygen atoms in total. The minimum Gasteiger partial charge on any atom is -0.491 e. The summed E-state index contributed by atoms with van der Waals surface area (Å²) in [6.07, 6.45) is 1.73. The lowest BCUT2D eigenvalue weighted by atomic mass is 10.1. The predicted octanol–water partition coefficient (Wildman–Crippen LogP) is 4.10. The molecule has 6 heteroatoms. The highest BCUT2D eigenvalue weighted by Gasteiger charge is 2.10. The molecule has 0 amide bonds. The zero-order chi connectivity index (χ0) is 14.5. The molecule has 0 unspecified atom stereocenters. The van der Waals surface area contributed by atoms with Crippen LogP contribution in [0.5, 0.6) is 5.75 Å². The van der Waals surface area contributed by atoms with Crippen LogP contribution in [0, 0.1) is 6.92 Å². The van der Waals surface area contributed by atoms with Gasteiger partial charge in [0.25, 0.3) is 0 Å². The average Bonchev–Trinajstić information content (AvgIpc) is 2.79. The Kier molecular flexibility index (Phi) is 6.01. The van der Waals surface area contributed by atoms with Crippen LogP contribution in [0.3, 0.4) is 0 Å². The minimum atomic E-state index is 0.635. The fraction of sp³-hybridized carbons (Fsp3) is 0.357. The zero-order valence-corrected chi connectivity index (χ0v) is 15.1. The maximum Gasteiger partial charge on any atom is 0.147 e. The smallest absolute Gasteiger partial charge is 0.147 e. The van der Waals surface area contributed by atoms with Gasteiger partial charge >= 0.3 is 0 Å². The minimum absolute atomic E-state index is 0.635. The average molecular weight is 420 g/mol. The first-order valence-corrected chi connectivity index (χ1v) is 8.78. The van der Waals surface area contributed by atoms with Crippen molar-refractivity contribution >= 4 is 43.2 Å². The predicted molar refractivity (Wildman–Crippen MR) is 90.7 cm³/mol. The summed E-state index contributed by atoms with van der Waals surface area (Å²) in [7, 11) is 0. The third-order valence-corrected chi connectivity index (χ3v) is 5.08. The van der Waals surface area contributed by atoms with Crippen molar-refractivity contribution in [3.8, 4) is 5.75 Å². The van der Waals surface area contributed by atoms with Crippen LogP contribution in [0.25, 0.3) is 0 Å². The number of aromatic nitrogens is 1. The Bertz CT molecular complexity index is 563. The van der Waals surface area contributed by atoms with Crippen LogP contribution in [0.1, 0.15) is 16.1 Å². The highest BCUT2D eigenvalue weighted by molar-refractivity contribution is 9.11. The van der Waals surface area contributed by atoms with Gasteiger partial charge in [0, 0.05) is 11.3 Å². The van der Waals surface area contributed by atoms with E-state index in [1.54, 1.807) is 11.3 Å². The van der Waals surface area contributed by atoms with E-state index < -0.39 is 0 Å². The van der Waals surface area contributed by atoms with Gasteiger partial charge in [-0.3, -0.25) is 0 Å². The maximum atomic E-state index is 5.88. The highest BCUT2D eigenvalue weighted by atomic mass is 79.9. The molecule has 0 atom stereocenters. The molecule has 2 rings (SSSR count). The lowest BCUT2D eigenvalue weighted by molar-refractivity contribution is 0.318. The van der Waals surface area contributed by atoms with Gasteiger partial charge in [-0.05, 0) is 69.4 Å². The summed E-state index contributed by atoms with van der Waals surface area (Å²) in [5, 5.41) is 0. The Morgan fingerprint density at radius 2 is 1.95 bits per heavy atom. The number of aryl methyl sites for hydroxylation is 1. The lowest BCUT2D eigenvalue weighted by Crippen LogP contribution is -2.05. The Morgan fingerprint density at radius 3 is 2.50 bits per heavy atom. The van der Waals surface area contributed by atoms with E-state index in [0.717, 1.165) is 33.2 Å². The van der Waals surface area contributed by atoms with E-state index >= 15 is 0 Å². The van der Waals surface area contributed by atoms with E-state index in [1.807, 2.05) is 12.4 Å². The molecule has 0 aliphatic carbocycles. The fourth-order valence-electron chi connectivity index (χ4n) is 1.87. The van der Waals surface area contributed by atoms with E-state index in [2.05, 4.69) is 49.0 Å². The molecular weight excluding hydrogens is 404 g/mol. The normalized spacial score (nSPS) is 10.8. The summed E-state index contributed by atoms with van der Waals surface area (Å²) in [6, 6.07) is 4.12. The molecule has 108 valence electrons. The second-order valence-corrected chi connectivity index (χ2v) is 7.03. The van der Waals surface area contributed by atoms with E-state index in [4.69, 9.17) is 10.5 Å². The van der Waals surface area contributed by atoms with Crippen LogP contribution < -0.4 is 10.5 Å². The lowest BCUT2D eigenvalue weighted by Gasteiger charge is -2.12. The number of ether oxygens (including phenoxy) is 1. The second-order valence-electron chi connectivity index (χ2n) is 4.39. The van der Waals surface area contributed by atoms with Gasteiger partial charge in [-0.15, -0.1) is 11.3 Å². The molecule has 1 heterocycles. The zero-order valence-electron chi connectivity index (χ0n) is 11.2. The Balaban J connectivity index is 2.01. The number of rotatable bonds is 6.